The number of hydrogen-bond donors (Lipinski definition) is 1. The number of nitrogens with one attached hydrogen (secondary N) is 1. The highest BCUT2D eigenvalue weighted by atomic mass is 16.4. The number of likely N-dealkylation sites (tertiary alicyclic amines) is 1. The third-order valence-electron chi connectivity index (χ3n) is 5.64. The third kappa shape index (κ3) is 3.28. The smallest absolute Gasteiger partial charge is 0.289 e. The third-order valence-corrected chi connectivity index (χ3v) is 5.64. The quantitative estimate of drug-likeness (QED) is 0.889. The molecule has 2 aliphatic rings. The Labute approximate surface area is 153 Å². The summed E-state index contributed by atoms with van der Waals surface area (Å²) in [5, 5.41) is 7.40. The number of piperidine rings is 1. The van der Waals surface area contributed by atoms with Crippen LogP contribution in [0.15, 0.2) is 16.7 Å². The van der Waals surface area contributed by atoms with E-state index in [1.165, 1.54) is 5.69 Å². The summed E-state index contributed by atoms with van der Waals surface area (Å²) in [5.74, 6) is 1.69. The molecular weight excluding hydrogens is 330 g/mol. The van der Waals surface area contributed by atoms with Crippen LogP contribution in [0.3, 0.4) is 0 Å². The van der Waals surface area contributed by atoms with E-state index in [1.54, 1.807) is 0 Å². The normalized spacial score (nSPS) is 24.0. The topological polar surface area (TPSA) is 76.2 Å². The summed E-state index contributed by atoms with van der Waals surface area (Å²) in [6.45, 7) is 3.53. The van der Waals surface area contributed by atoms with Gasteiger partial charge in [-0.15, -0.1) is 0 Å². The van der Waals surface area contributed by atoms with E-state index in [2.05, 4.69) is 33.4 Å². The number of aromatic nitrogens is 3. The number of oxazole rings is 1. The highest BCUT2D eigenvalue weighted by Gasteiger charge is 2.34. The second-order valence-corrected chi connectivity index (χ2v) is 7.66. The van der Waals surface area contributed by atoms with Crippen molar-refractivity contribution in [2.75, 3.05) is 20.1 Å². The van der Waals surface area contributed by atoms with Crippen LogP contribution in [-0.4, -0.2) is 45.7 Å². The van der Waals surface area contributed by atoms with Crippen molar-refractivity contribution < 1.29 is 9.21 Å². The van der Waals surface area contributed by atoms with Crippen LogP contribution < -0.4 is 5.32 Å². The average Bonchev–Trinajstić information content (AvgIpc) is 3.27. The molecule has 1 aliphatic carbocycles. The van der Waals surface area contributed by atoms with Crippen LogP contribution in [-0.2, 0) is 7.05 Å². The Kier molecular flexibility index (Phi) is 4.56. The van der Waals surface area contributed by atoms with E-state index in [0.29, 0.717) is 29.8 Å². The minimum absolute atomic E-state index is 0.154. The van der Waals surface area contributed by atoms with Crippen LogP contribution in [0.5, 0.6) is 0 Å². The van der Waals surface area contributed by atoms with Crippen LogP contribution >= 0.6 is 0 Å². The van der Waals surface area contributed by atoms with Gasteiger partial charge in [-0.25, -0.2) is 4.98 Å². The van der Waals surface area contributed by atoms with Gasteiger partial charge in [0.1, 0.15) is 0 Å². The molecule has 1 saturated carbocycles. The molecule has 1 amide bonds. The van der Waals surface area contributed by atoms with Gasteiger partial charge in [-0.1, -0.05) is 0 Å². The summed E-state index contributed by atoms with van der Waals surface area (Å²) in [6.07, 6.45) is 6.29. The Morgan fingerprint density at radius 1 is 1.35 bits per heavy atom. The molecule has 2 fully saturated rings. The lowest BCUT2D eigenvalue weighted by atomic mass is 9.87. The highest BCUT2D eigenvalue weighted by molar-refractivity contribution is 5.92. The van der Waals surface area contributed by atoms with Crippen LogP contribution in [0.2, 0.25) is 0 Å². The van der Waals surface area contributed by atoms with E-state index in [0.717, 1.165) is 38.1 Å². The van der Waals surface area contributed by atoms with Gasteiger partial charge in [0.15, 0.2) is 5.89 Å². The van der Waals surface area contributed by atoms with Gasteiger partial charge in [-0.2, -0.15) is 5.10 Å². The minimum Gasteiger partial charge on any atom is -0.435 e. The number of nitrogens with zero attached hydrogens (tertiary/aromatic N) is 4. The Morgan fingerprint density at radius 3 is 2.85 bits per heavy atom. The Hall–Kier alpha value is -2.15. The maximum Gasteiger partial charge on any atom is 0.289 e. The molecule has 2 atom stereocenters. The summed E-state index contributed by atoms with van der Waals surface area (Å²) in [6, 6.07) is 2.33. The summed E-state index contributed by atoms with van der Waals surface area (Å²) >= 11 is 0. The molecule has 26 heavy (non-hydrogen) atoms. The van der Waals surface area contributed by atoms with E-state index in [4.69, 9.17) is 4.42 Å². The van der Waals surface area contributed by atoms with Crippen LogP contribution in [0.1, 0.15) is 65.5 Å². The maximum absolute atomic E-state index is 12.6. The fourth-order valence-electron chi connectivity index (χ4n) is 4.05. The Balaban J connectivity index is 1.45. The molecule has 3 heterocycles. The number of amides is 1. The van der Waals surface area contributed by atoms with Gasteiger partial charge in [-0.05, 0) is 58.2 Å². The molecule has 1 saturated heterocycles. The lowest BCUT2D eigenvalue weighted by Gasteiger charge is -2.39. The van der Waals surface area contributed by atoms with E-state index in [9.17, 15) is 4.79 Å². The SMILES string of the molecule is Cc1nc(C2CC2)oc1C(=O)NC[C@@H]1CCCN(C)[C@H]1c1ccnn1C. The van der Waals surface area contributed by atoms with E-state index >= 15 is 0 Å². The molecule has 7 nitrogen and oxygen atoms in total. The van der Waals surface area contributed by atoms with Crippen molar-refractivity contribution in [3.05, 3.63) is 35.3 Å². The number of carbonyl (C=O) groups is 1. The zero-order chi connectivity index (χ0) is 18.3. The van der Waals surface area contributed by atoms with Gasteiger partial charge in [-0.3, -0.25) is 14.4 Å². The second kappa shape index (κ2) is 6.87. The van der Waals surface area contributed by atoms with Crippen molar-refractivity contribution in [3.63, 3.8) is 0 Å². The van der Waals surface area contributed by atoms with Gasteiger partial charge in [0, 0.05) is 25.7 Å². The molecule has 0 aromatic carbocycles. The van der Waals surface area contributed by atoms with Crippen molar-refractivity contribution in [1.82, 2.24) is 25.0 Å². The van der Waals surface area contributed by atoms with E-state index in [1.807, 2.05) is 24.9 Å². The van der Waals surface area contributed by atoms with Gasteiger partial charge in [0.2, 0.25) is 5.76 Å². The van der Waals surface area contributed by atoms with Crippen LogP contribution in [0.25, 0.3) is 0 Å². The first-order chi connectivity index (χ1) is 12.5. The van der Waals surface area contributed by atoms with Crippen molar-refractivity contribution in [2.45, 2.75) is 44.6 Å². The zero-order valence-corrected chi connectivity index (χ0v) is 15.7. The molecule has 1 N–H and O–H groups in total. The summed E-state index contributed by atoms with van der Waals surface area (Å²) < 4.78 is 7.67. The molecule has 140 valence electrons. The molecule has 0 unspecified atom stereocenters. The van der Waals surface area contributed by atoms with Gasteiger partial charge >= 0.3 is 0 Å². The molecular formula is C19H27N5O2. The summed E-state index contributed by atoms with van der Waals surface area (Å²) in [7, 11) is 4.12. The van der Waals surface area contributed by atoms with Gasteiger partial charge in [0.05, 0.1) is 17.4 Å². The molecule has 2 aromatic heterocycles. The predicted octanol–water partition coefficient (Wildman–Crippen LogP) is 2.41. The second-order valence-electron chi connectivity index (χ2n) is 7.66. The number of aryl methyl sites for hydroxylation is 2. The molecule has 0 radical (unpaired) electrons. The molecule has 4 rings (SSSR count). The number of carbonyl (C=O) groups excluding carboxylic acids is 1. The monoisotopic (exact) mass is 357 g/mol. The first-order valence-corrected chi connectivity index (χ1v) is 9.48. The molecule has 1 aliphatic heterocycles. The molecule has 7 heteroatoms. The lowest BCUT2D eigenvalue weighted by molar-refractivity contribution is 0.0854. The van der Waals surface area contributed by atoms with Crippen molar-refractivity contribution >= 4 is 5.91 Å². The predicted molar refractivity (Wildman–Crippen MR) is 96.9 cm³/mol. The number of rotatable bonds is 5. The Bertz CT molecular complexity index is 792. The molecule has 2 aromatic rings. The minimum atomic E-state index is -0.154. The van der Waals surface area contributed by atoms with Gasteiger partial charge in [0.25, 0.3) is 5.91 Å². The highest BCUT2D eigenvalue weighted by Crippen LogP contribution is 2.40. The Morgan fingerprint density at radius 2 is 2.15 bits per heavy atom. The summed E-state index contributed by atoms with van der Waals surface area (Å²) in [5.41, 5.74) is 1.88. The fraction of sp³-hybridized carbons (Fsp3) is 0.632. The van der Waals surface area contributed by atoms with Crippen molar-refractivity contribution in [2.24, 2.45) is 13.0 Å². The first-order valence-electron chi connectivity index (χ1n) is 9.48. The molecule has 0 spiro atoms. The first kappa shape index (κ1) is 17.3. The van der Waals surface area contributed by atoms with Crippen molar-refractivity contribution in [1.29, 1.82) is 0 Å². The van der Waals surface area contributed by atoms with Gasteiger partial charge < -0.3 is 9.73 Å². The standard InChI is InChI=1S/C19H27N5O2/c1-12-17(26-19(22-12)13-6-7-13)18(25)20-11-14-5-4-10-23(2)16(14)15-8-9-21-24(15)3/h8-9,13-14,16H,4-7,10-11H2,1-3H3,(H,20,25)/t14-,16+/m0/s1. The fourth-order valence-corrected chi connectivity index (χ4v) is 4.05. The number of hydrogen-bond acceptors (Lipinski definition) is 5. The largest absolute Gasteiger partial charge is 0.435 e. The zero-order valence-electron chi connectivity index (χ0n) is 15.7. The van der Waals surface area contributed by atoms with E-state index in [-0.39, 0.29) is 11.9 Å². The lowest BCUT2D eigenvalue weighted by Crippen LogP contribution is -2.42. The average molecular weight is 357 g/mol. The van der Waals surface area contributed by atoms with Crippen LogP contribution in [0.4, 0.5) is 0 Å². The summed E-state index contributed by atoms with van der Waals surface area (Å²) in [4.78, 5) is 19.4. The van der Waals surface area contributed by atoms with E-state index < -0.39 is 0 Å². The maximum atomic E-state index is 12.6. The van der Waals surface area contributed by atoms with Crippen molar-refractivity contribution in [3.8, 4) is 0 Å². The van der Waals surface area contributed by atoms with Crippen LogP contribution in [0, 0.1) is 12.8 Å². The molecule has 0 bridgehead atoms.